The number of hydrogen-bond donors (Lipinski definition) is 1. The summed E-state index contributed by atoms with van der Waals surface area (Å²) in [6.45, 7) is 0.762. The minimum Gasteiger partial charge on any atom is -0.481 e. The van der Waals surface area contributed by atoms with Gasteiger partial charge in [0.05, 0.1) is 0 Å². The van der Waals surface area contributed by atoms with Gasteiger partial charge in [0.25, 0.3) is 5.91 Å². The van der Waals surface area contributed by atoms with Gasteiger partial charge >= 0.3 is 5.97 Å². The van der Waals surface area contributed by atoms with Gasteiger partial charge in [-0.05, 0) is 37.3 Å². The first kappa shape index (κ1) is 16.9. The van der Waals surface area contributed by atoms with E-state index >= 15 is 0 Å². The molecule has 7 heteroatoms. The maximum atomic E-state index is 13.9. The number of likely N-dealkylation sites (tertiary alicyclic amines) is 1. The molecule has 1 aromatic carbocycles. The van der Waals surface area contributed by atoms with E-state index in [1.807, 2.05) is 0 Å². The summed E-state index contributed by atoms with van der Waals surface area (Å²) in [5.74, 6) is -3.31. The van der Waals surface area contributed by atoms with E-state index in [0.29, 0.717) is 25.9 Å². The van der Waals surface area contributed by atoms with Crippen molar-refractivity contribution in [3.05, 3.63) is 33.8 Å². The number of benzene rings is 1. The van der Waals surface area contributed by atoms with Gasteiger partial charge in [0.1, 0.15) is 17.2 Å². The molecule has 1 aromatic rings. The zero-order valence-electron chi connectivity index (χ0n) is 11.8. The molecule has 1 aliphatic heterocycles. The molecule has 0 radical (unpaired) electrons. The number of carboxylic acids is 1. The van der Waals surface area contributed by atoms with Crippen molar-refractivity contribution in [2.45, 2.75) is 25.7 Å². The lowest BCUT2D eigenvalue weighted by atomic mass is 9.93. The highest BCUT2D eigenvalue weighted by molar-refractivity contribution is 9.10. The molecule has 1 amide bonds. The van der Waals surface area contributed by atoms with Gasteiger partial charge in [-0.3, -0.25) is 9.59 Å². The van der Waals surface area contributed by atoms with Crippen LogP contribution in [0.1, 0.15) is 36.0 Å². The Morgan fingerprint density at radius 1 is 1.32 bits per heavy atom. The molecule has 22 heavy (non-hydrogen) atoms. The molecule has 0 saturated carbocycles. The SMILES string of the molecule is O=C(O)CCC1CCCN(C(=O)c2c(F)cc(Br)cc2F)C1. The van der Waals surface area contributed by atoms with E-state index in [-0.39, 0.29) is 16.8 Å². The molecule has 1 saturated heterocycles. The number of rotatable bonds is 4. The van der Waals surface area contributed by atoms with Crippen molar-refractivity contribution >= 4 is 27.8 Å². The minimum atomic E-state index is -0.899. The van der Waals surface area contributed by atoms with Crippen molar-refractivity contribution in [1.82, 2.24) is 4.90 Å². The molecule has 1 heterocycles. The Hall–Kier alpha value is -1.50. The van der Waals surface area contributed by atoms with E-state index in [4.69, 9.17) is 5.11 Å². The summed E-state index contributed by atoms with van der Waals surface area (Å²) in [6, 6.07) is 2.12. The summed E-state index contributed by atoms with van der Waals surface area (Å²) in [6.07, 6.45) is 2.02. The zero-order chi connectivity index (χ0) is 16.3. The minimum absolute atomic E-state index is 0.0354. The van der Waals surface area contributed by atoms with Crippen LogP contribution >= 0.6 is 15.9 Å². The molecule has 4 nitrogen and oxygen atoms in total. The lowest BCUT2D eigenvalue weighted by Gasteiger charge is -2.32. The molecular formula is C15H16BrF2NO3. The summed E-state index contributed by atoms with van der Waals surface area (Å²) in [7, 11) is 0. The van der Waals surface area contributed by atoms with E-state index in [0.717, 1.165) is 18.6 Å². The predicted octanol–water partition coefficient (Wildman–Crippen LogP) is 3.44. The number of carboxylic acid groups (broad SMARTS) is 1. The number of piperidine rings is 1. The molecule has 2 rings (SSSR count). The van der Waals surface area contributed by atoms with Crippen LogP contribution in [0.15, 0.2) is 16.6 Å². The van der Waals surface area contributed by atoms with E-state index in [2.05, 4.69) is 15.9 Å². The van der Waals surface area contributed by atoms with Crippen LogP contribution < -0.4 is 0 Å². The standard InChI is InChI=1S/C15H16BrF2NO3/c16-10-6-11(17)14(12(18)7-10)15(22)19-5-1-2-9(8-19)3-4-13(20)21/h6-7,9H,1-5,8H2,(H,20,21). The average molecular weight is 376 g/mol. The summed E-state index contributed by atoms with van der Waals surface area (Å²) in [4.78, 5) is 24.4. The second-order valence-corrected chi connectivity index (χ2v) is 6.35. The largest absolute Gasteiger partial charge is 0.481 e. The highest BCUT2D eigenvalue weighted by atomic mass is 79.9. The predicted molar refractivity (Wildman–Crippen MR) is 79.6 cm³/mol. The van der Waals surface area contributed by atoms with Gasteiger partial charge in [0.15, 0.2) is 0 Å². The van der Waals surface area contributed by atoms with E-state index in [1.54, 1.807) is 0 Å². The van der Waals surface area contributed by atoms with Crippen LogP contribution in [0.2, 0.25) is 0 Å². The molecule has 0 aromatic heterocycles. The third-order valence-electron chi connectivity index (χ3n) is 3.79. The van der Waals surface area contributed by atoms with Crippen molar-refractivity contribution < 1.29 is 23.5 Å². The van der Waals surface area contributed by atoms with Gasteiger partial charge in [-0.1, -0.05) is 15.9 Å². The zero-order valence-corrected chi connectivity index (χ0v) is 13.4. The molecule has 120 valence electrons. The summed E-state index contributed by atoms with van der Waals surface area (Å²) in [5, 5.41) is 8.71. The Morgan fingerprint density at radius 3 is 2.55 bits per heavy atom. The van der Waals surface area contributed by atoms with Crippen molar-refractivity contribution in [3.63, 3.8) is 0 Å². The molecule has 0 bridgehead atoms. The third kappa shape index (κ3) is 4.03. The van der Waals surface area contributed by atoms with Crippen LogP contribution in [0.4, 0.5) is 8.78 Å². The summed E-state index contributed by atoms with van der Waals surface area (Å²) >= 11 is 2.98. The van der Waals surface area contributed by atoms with Gasteiger partial charge in [-0.25, -0.2) is 8.78 Å². The van der Waals surface area contributed by atoms with Crippen molar-refractivity contribution in [3.8, 4) is 0 Å². The monoisotopic (exact) mass is 375 g/mol. The molecule has 0 aliphatic carbocycles. The highest BCUT2D eigenvalue weighted by Gasteiger charge is 2.28. The fourth-order valence-corrected chi connectivity index (χ4v) is 3.12. The molecule has 1 N–H and O–H groups in total. The fraction of sp³-hybridized carbons (Fsp3) is 0.467. The molecule has 0 spiro atoms. The number of hydrogen-bond acceptors (Lipinski definition) is 2. The lowest BCUT2D eigenvalue weighted by molar-refractivity contribution is -0.137. The number of nitrogens with zero attached hydrogens (tertiary/aromatic N) is 1. The Kier molecular flexibility index (Phi) is 5.50. The molecular weight excluding hydrogens is 360 g/mol. The number of halogens is 3. The average Bonchev–Trinajstić information content (AvgIpc) is 2.44. The highest BCUT2D eigenvalue weighted by Crippen LogP contribution is 2.25. The number of carbonyl (C=O) groups excluding carboxylic acids is 1. The fourth-order valence-electron chi connectivity index (χ4n) is 2.72. The van der Waals surface area contributed by atoms with Gasteiger partial charge in [-0.15, -0.1) is 0 Å². The maximum Gasteiger partial charge on any atom is 0.303 e. The summed E-state index contributed by atoms with van der Waals surface area (Å²) in [5.41, 5.74) is -0.554. The summed E-state index contributed by atoms with van der Waals surface area (Å²) < 4.78 is 28.0. The smallest absolute Gasteiger partial charge is 0.303 e. The van der Waals surface area contributed by atoms with Crippen molar-refractivity contribution in [2.75, 3.05) is 13.1 Å². The second kappa shape index (κ2) is 7.17. The Morgan fingerprint density at radius 2 is 1.95 bits per heavy atom. The first-order valence-electron chi connectivity index (χ1n) is 7.04. The van der Waals surface area contributed by atoms with Crippen LogP contribution in [-0.4, -0.2) is 35.0 Å². The molecule has 1 fully saturated rings. The number of aliphatic carboxylic acids is 1. The van der Waals surface area contributed by atoms with Gasteiger partial charge in [0, 0.05) is 24.0 Å². The van der Waals surface area contributed by atoms with Crippen molar-refractivity contribution in [2.24, 2.45) is 5.92 Å². The van der Waals surface area contributed by atoms with Gasteiger partial charge < -0.3 is 10.0 Å². The normalized spacial score (nSPS) is 18.3. The first-order chi connectivity index (χ1) is 10.4. The van der Waals surface area contributed by atoms with Crippen molar-refractivity contribution in [1.29, 1.82) is 0 Å². The Labute approximate surface area is 135 Å². The van der Waals surface area contributed by atoms with Crippen LogP contribution in [0, 0.1) is 17.6 Å². The topological polar surface area (TPSA) is 57.6 Å². The van der Waals surface area contributed by atoms with Crippen LogP contribution in [0.5, 0.6) is 0 Å². The van der Waals surface area contributed by atoms with E-state index in [1.165, 1.54) is 4.90 Å². The number of carbonyl (C=O) groups is 2. The van der Waals surface area contributed by atoms with Crippen LogP contribution in [0.3, 0.4) is 0 Å². The quantitative estimate of drug-likeness (QED) is 0.876. The molecule has 1 unspecified atom stereocenters. The maximum absolute atomic E-state index is 13.9. The van der Waals surface area contributed by atoms with Crippen LogP contribution in [0.25, 0.3) is 0 Å². The molecule has 1 aliphatic rings. The second-order valence-electron chi connectivity index (χ2n) is 5.44. The first-order valence-corrected chi connectivity index (χ1v) is 7.83. The number of amides is 1. The van der Waals surface area contributed by atoms with E-state index in [9.17, 15) is 18.4 Å². The van der Waals surface area contributed by atoms with Gasteiger partial charge in [-0.2, -0.15) is 0 Å². The third-order valence-corrected chi connectivity index (χ3v) is 4.25. The van der Waals surface area contributed by atoms with Crippen LogP contribution in [-0.2, 0) is 4.79 Å². The van der Waals surface area contributed by atoms with Gasteiger partial charge in [0.2, 0.25) is 0 Å². The molecule has 1 atom stereocenters. The lowest BCUT2D eigenvalue weighted by Crippen LogP contribution is -2.40. The Balaban J connectivity index is 2.11. The van der Waals surface area contributed by atoms with E-state index < -0.39 is 29.1 Å². The Bertz CT molecular complexity index is 571.